The summed E-state index contributed by atoms with van der Waals surface area (Å²) in [4.78, 5) is 0. The molecule has 0 rings (SSSR count). The SMILES string of the molecule is C[Si](C)(C)N=C=N. The van der Waals surface area contributed by atoms with E-state index < -0.39 is 8.24 Å². The van der Waals surface area contributed by atoms with Crippen molar-refractivity contribution in [1.82, 2.24) is 0 Å². The van der Waals surface area contributed by atoms with Gasteiger partial charge in [0.25, 0.3) is 0 Å². The van der Waals surface area contributed by atoms with E-state index in [0.717, 1.165) is 0 Å². The van der Waals surface area contributed by atoms with Gasteiger partial charge in [-0.15, -0.1) is 0 Å². The monoisotopic (exact) mass is 114 g/mol. The zero-order chi connectivity index (χ0) is 5.91. The predicted octanol–water partition coefficient (Wildman–Crippen LogP) is 1.57. The third kappa shape index (κ3) is 5.60. The van der Waals surface area contributed by atoms with Gasteiger partial charge in [-0.25, -0.2) is 5.41 Å². The Hall–Kier alpha value is -0.403. The fraction of sp³-hybridized carbons (Fsp3) is 0.750. The van der Waals surface area contributed by atoms with E-state index in [1.807, 2.05) is 6.01 Å². The quantitative estimate of drug-likeness (QED) is 0.397. The van der Waals surface area contributed by atoms with E-state index >= 15 is 0 Å². The molecule has 0 amide bonds. The van der Waals surface area contributed by atoms with Crippen LogP contribution in [-0.2, 0) is 0 Å². The second-order valence-corrected chi connectivity index (χ2v) is 6.96. The van der Waals surface area contributed by atoms with Crippen molar-refractivity contribution in [3.8, 4) is 0 Å². The van der Waals surface area contributed by atoms with E-state index in [1.165, 1.54) is 0 Å². The minimum atomic E-state index is -1.33. The van der Waals surface area contributed by atoms with E-state index in [-0.39, 0.29) is 0 Å². The van der Waals surface area contributed by atoms with Crippen LogP contribution in [-0.4, -0.2) is 14.2 Å². The topological polar surface area (TPSA) is 36.2 Å². The molecule has 0 unspecified atom stereocenters. The first-order valence-corrected chi connectivity index (χ1v) is 5.64. The normalized spacial score (nSPS) is 10.1. The molecule has 2 nitrogen and oxygen atoms in total. The maximum Gasteiger partial charge on any atom is 0.186 e. The molecular formula is C4H10N2Si. The van der Waals surface area contributed by atoms with Crippen molar-refractivity contribution in [3.05, 3.63) is 0 Å². The first-order chi connectivity index (χ1) is 3.06. The lowest BCUT2D eigenvalue weighted by molar-refractivity contribution is 1.51. The number of hydrogen-bond donors (Lipinski definition) is 1. The Morgan fingerprint density at radius 3 is 1.86 bits per heavy atom. The van der Waals surface area contributed by atoms with Crippen LogP contribution in [0.3, 0.4) is 0 Å². The lowest BCUT2D eigenvalue weighted by atomic mass is 11.6. The largest absolute Gasteiger partial charge is 0.268 e. The van der Waals surface area contributed by atoms with Crippen molar-refractivity contribution in [2.45, 2.75) is 19.6 Å². The van der Waals surface area contributed by atoms with E-state index in [9.17, 15) is 0 Å². The fourth-order valence-electron chi connectivity index (χ4n) is 0.168. The Morgan fingerprint density at radius 2 is 1.86 bits per heavy atom. The molecule has 0 saturated heterocycles. The van der Waals surface area contributed by atoms with Crippen LogP contribution in [0.1, 0.15) is 0 Å². The predicted molar refractivity (Wildman–Crippen MR) is 33.5 cm³/mol. The molecule has 1 N–H and O–H groups in total. The van der Waals surface area contributed by atoms with Crippen LogP contribution < -0.4 is 0 Å². The molecule has 0 radical (unpaired) electrons. The zero-order valence-corrected chi connectivity index (χ0v) is 5.95. The fourth-order valence-corrected chi connectivity index (χ4v) is 0.503. The molecule has 0 bridgehead atoms. The van der Waals surface area contributed by atoms with Gasteiger partial charge in [-0.1, -0.05) is 0 Å². The van der Waals surface area contributed by atoms with E-state index in [4.69, 9.17) is 5.41 Å². The summed E-state index contributed by atoms with van der Waals surface area (Å²) in [6.07, 6.45) is 0. The summed E-state index contributed by atoms with van der Waals surface area (Å²) in [6.45, 7) is 6.19. The molecule has 0 aliphatic carbocycles. The summed E-state index contributed by atoms with van der Waals surface area (Å²) < 4.78 is 3.81. The highest BCUT2D eigenvalue weighted by Crippen LogP contribution is 1.98. The van der Waals surface area contributed by atoms with Gasteiger partial charge in [0.2, 0.25) is 0 Å². The molecule has 0 aromatic rings. The Balaban J connectivity index is 3.80. The average Bonchev–Trinajstić information content (AvgIpc) is 1.30. The second-order valence-electron chi connectivity index (χ2n) is 2.39. The van der Waals surface area contributed by atoms with Crippen molar-refractivity contribution in [2.75, 3.05) is 0 Å². The van der Waals surface area contributed by atoms with E-state index in [2.05, 4.69) is 24.3 Å². The summed E-state index contributed by atoms with van der Waals surface area (Å²) in [6, 6.07) is 2.04. The highest BCUT2D eigenvalue weighted by Gasteiger charge is 2.08. The van der Waals surface area contributed by atoms with Gasteiger partial charge >= 0.3 is 0 Å². The summed E-state index contributed by atoms with van der Waals surface area (Å²) in [5.41, 5.74) is 0. The molecule has 3 heteroatoms. The summed E-state index contributed by atoms with van der Waals surface area (Å²) in [5, 5.41) is 6.48. The van der Waals surface area contributed by atoms with E-state index in [0.29, 0.717) is 0 Å². The minimum Gasteiger partial charge on any atom is -0.268 e. The van der Waals surface area contributed by atoms with Crippen molar-refractivity contribution in [3.63, 3.8) is 0 Å². The van der Waals surface area contributed by atoms with Crippen LogP contribution in [0, 0.1) is 5.41 Å². The number of rotatable bonds is 1. The van der Waals surface area contributed by atoms with Gasteiger partial charge in [0.15, 0.2) is 8.24 Å². The van der Waals surface area contributed by atoms with Crippen molar-refractivity contribution in [1.29, 1.82) is 5.41 Å². The molecule has 0 aliphatic heterocycles. The van der Waals surface area contributed by atoms with E-state index in [1.54, 1.807) is 0 Å². The van der Waals surface area contributed by atoms with Crippen LogP contribution >= 0.6 is 0 Å². The highest BCUT2D eigenvalue weighted by molar-refractivity contribution is 6.74. The number of nitrogens with one attached hydrogen (secondary N) is 1. The Bertz CT molecular complexity index is 96.7. The molecule has 0 atom stereocenters. The Morgan fingerprint density at radius 1 is 1.43 bits per heavy atom. The third-order valence-electron chi connectivity index (χ3n) is 0.391. The van der Waals surface area contributed by atoms with Crippen LogP contribution in [0.5, 0.6) is 0 Å². The zero-order valence-electron chi connectivity index (χ0n) is 4.95. The van der Waals surface area contributed by atoms with Crippen LogP contribution in [0.25, 0.3) is 0 Å². The van der Waals surface area contributed by atoms with Gasteiger partial charge in [-0.3, -0.25) is 4.66 Å². The van der Waals surface area contributed by atoms with Gasteiger partial charge < -0.3 is 0 Å². The van der Waals surface area contributed by atoms with Crippen LogP contribution in [0.4, 0.5) is 0 Å². The lowest BCUT2D eigenvalue weighted by Crippen LogP contribution is -2.14. The molecule has 0 heterocycles. The Kier molecular flexibility index (Phi) is 1.93. The molecule has 0 aromatic carbocycles. The maximum atomic E-state index is 6.48. The van der Waals surface area contributed by atoms with Gasteiger partial charge in [-0.05, 0) is 19.6 Å². The van der Waals surface area contributed by atoms with Crippen molar-refractivity contribution >= 4 is 14.2 Å². The third-order valence-corrected chi connectivity index (χ3v) is 1.17. The molecule has 0 saturated carbocycles. The summed E-state index contributed by atoms with van der Waals surface area (Å²) in [5.74, 6) is 0. The van der Waals surface area contributed by atoms with Crippen molar-refractivity contribution in [2.24, 2.45) is 4.66 Å². The first-order valence-electron chi connectivity index (χ1n) is 2.20. The maximum absolute atomic E-state index is 6.48. The molecular weight excluding hydrogens is 104 g/mol. The summed E-state index contributed by atoms with van der Waals surface area (Å²) in [7, 11) is -1.33. The van der Waals surface area contributed by atoms with Crippen LogP contribution in [0.15, 0.2) is 4.66 Å². The smallest absolute Gasteiger partial charge is 0.186 e. The summed E-state index contributed by atoms with van der Waals surface area (Å²) >= 11 is 0. The second kappa shape index (κ2) is 2.05. The molecule has 0 aliphatic rings. The molecule has 0 fully saturated rings. The lowest BCUT2D eigenvalue weighted by Gasteiger charge is -2.02. The molecule has 0 aromatic heterocycles. The van der Waals surface area contributed by atoms with Gasteiger partial charge in [0, 0.05) is 0 Å². The molecule has 7 heavy (non-hydrogen) atoms. The standard InChI is InChI=1S/C4H10N2Si/c1-7(2,3)6-4-5/h5H,1-3H3. The average molecular weight is 114 g/mol. The van der Waals surface area contributed by atoms with Gasteiger partial charge in [0.1, 0.15) is 0 Å². The highest BCUT2D eigenvalue weighted by atomic mass is 28.3. The molecule has 40 valence electrons. The molecule has 0 spiro atoms. The van der Waals surface area contributed by atoms with Crippen LogP contribution in [0.2, 0.25) is 19.6 Å². The Labute approximate surface area is 44.9 Å². The van der Waals surface area contributed by atoms with Crippen molar-refractivity contribution < 1.29 is 0 Å². The first kappa shape index (κ1) is 6.60. The van der Waals surface area contributed by atoms with Gasteiger partial charge in [0.05, 0.1) is 6.01 Å². The number of nitrogens with zero attached hydrogens (tertiary/aromatic N) is 1. The number of hydrogen-bond acceptors (Lipinski definition) is 2. The van der Waals surface area contributed by atoms with Gasteiger partial charge in [-0.2, -0.15) is 0 Å². The minimum absolute atomic E-state index is 1.33.